The minimum atomic E-state index is 0.125. The number of pyridine rings is 1. The van der Waals surface area contributed by atoms with Gasteiger partial charge in [-0.25, -0.2) is 9.97 Å². The number of imidazole rings is 1. The molecule has 7 nitrogen and oxygen atoms in total. The molecule has 3 heterocycles. The summed E-state index contributed by atoms with van der Waals surface area (Å²) in [6.45, 7) is 6.63. The highest BCUT2D eigenvalue weighted by atomic mass is 16.5. The summed E-state index contributed by atoms with van der Waals surface area (Å²) in [5, 5.41) is 0. The molecular formula is C26H32N4O3. The van der Waals surface area contributed by atoms with Gasteiger partial charge in [0.1, 0.15) is 5.82 Å². The molecular weight excluding hydrogens is 416 g/mol. The summed E-state index contributed by atoms with van der Waals surface area (Å²) in [7, 11) is 0. The summed E-state index contributed by atoms with van der Waals surface area (Å²) < 4.78 is 14.2. The molecule has 0 saturated heterocycles. The van der Waals surface area contributed by atoms with Crippen LogP contribution in [0.1, 0.15) is 56.8 Å². The van der Waals surface area contributed by atoms with Crippen molar-refractivity contribution >= 4 is 5.91 Å². The first kappa shape index (κ1) is 22.8. The number of benzene rings is 1. The Morgan fingerprint density at radius 1 is 1.03 bits per heavy atom. The quantitative estimate of drug-likeness (QED) is 0.550. The molecule has 2 aromatic heterocycles. The van der Waals surface area contributed by atoms with E-state index in [1.54, 1.807) is 12.4 Å². The fourth-order valence-electron chi connectivity index (χ4n) is 4.04. The number of hydrogen-bond donors (Lipinski definition) is 0. The van der Waals surface area contributed by atoms with E-state index < -0.39 is 0 Å². The lowest BCUT2D eigenvalue weighted by Gasteiger charge is -2.24. The number of rotatable bonds is 4. The normalized spacial score (nSPS) is 14.7. The van der Waals surface area contributed by atoms with Crippen LogP contribution in [-0.4, -0.2) is 38.5 Å². The second-order valence-electron chi connectivity index (χ2n) is 8.62. The van der Waals surface area contributed by atoms with Gasteiger partial charge >= 0.3 is 0 Å². The summed E-state index contributed by atoms with van der Waals surface area (Å²) in [6.07, 6.45) is 8.73. The van der Waals surface area contributed by atoms with Gasteiger partial charge in [0.05, 0.1) is 13.2 Å². The lowest BCUT2D eigenvalue weighted by molar-refractivity contribution is -0.132. The zero-order valence-electron chi connectivity index (χ0n) is 19.4. The highest BCUT2D eigenvalue weighted by Crippen LogP contribution is 2.32. The van der Waals surface area contributed by atoms with E-state index in [2.05, 4.69) is 28.4 Å². The standard InChI is InChI=1S/C26H32N4O3/c1-20(2)25-27-14-17-29(25)16-12-24(31)30-15-6-3-7-18-32-22-10-4-5-11-23(22)33-26-21(19-30)9-8-13-28-26/h4-5,8-11,13-14,17,20H,3,6-7,12,15-16,18-19H2,1-2H3. The highest BCUT2D eigenvalue weighted by molar-refractivity contribution is 5.76. The van der Waals surface area contributed by atoms with Gasteiger partial charge in [0.25, 0.3) is 0 Å². The number of carbonyl (C=O) groups excluding carboxylic acids is 1. The SMILES string of the molecule is CC(C)c1nccn1CCC(=O)N1CCCCCOc2ccccc2Oc2ncccc2C1. The average Bonchev–Trinajstić information content (AvgIpc) is 3.30. The van der Waals surface area contributed by atoms with Crippen LogP contribution >= 0.6 is 0 Å². The van der Waals surface area contributed by atoms with Gasteiger partial charge in [-0.05, 0) is 37.5 Å². The van der Waals surface area contributed by atoms with Crippen molar-refractivity contribution < 1.29 is 14.3 Å². The van der Waals surface area contributed by atoms with Gasteiger partial charge in [-0.15, -0.1) is 0 Å². The third-order valence-electron chi connectivity index (χ3n) is 5.78. The molecule has 0 atom stereocenters. The molecule has 3 aromatic rings. The van der Waals surface area contributed by atoms with E-state index in [1.165, 1.54) is 0 Å². The average molecular weight is 449 g/mol. The molecule has 0 saturated carbocycles. The molecule has 1 aliphatic rings. The Hall–Kier alpha value is -3.35. The Kier molecular flexibility index (Phi) is 7.60. The monoisotopic (exact) mass is 448 g/mol. The van der Waals surface area contributed by atoms with E-state index in [0.29, 0.717) is 56.0 Å². The van der Waals surface area contributed by atoms with Gasteiger partial charge in [0, 0.05) is 49.6 Å². The first-order valence-corrected chi connectivity index (χ1v) is 11.7. The van der Waals surface area contributed by atoms with Crippen LogP contribution in [0.25, 0.3) is 0 Å². The molecule has 4 rings (SSSR count). The second-order valence-corrected chi connectivity index (χ2v) is 8.62. The molecule has 1 aliphatic heterocycles. The van der Waals surface area contributed by atoms with Crippen molar-refractivity contribution in [3.63, 3.8) is 0 Å². The van der Waals surface area contributed by atoms with Crippen LogP contribution < -0.4 is 9.47 Å². The van der Waals surface area contributed by atoms with E-state index in [9.17, 15) is 4.79 Å². The van der Waals surface area contributed by atoms with Crippen molar-refractivity contribution in [2.75, 3.05) is 13.2 Å². The number of carbonyl (C=O) groups is 1. The maximum absolute atomic E-state index is 13.3. The predicted octanol–water partition coefficient (Wildman–Crippen LogP) is 5.18. The molecule has 174 valence electrons. The Bertz CT molecular complexity index is 1060. The zero-order valence-corrected chi connectivity index (χ0v) is 19.4. The minimum absolute atomic E-state index is 0.125. The van der Waals surface area contributed by atoms with Crippen molar-refractivity contribution in [3.8, 4) is 17.4 Å². The van der Waals surface area contributed by atoms with E-state index >= 15 is 0 Å². The number of hydrogen-bond acceptors (Lipinski definition) is 5. The van der Waals surface area contributed by atoms with Crippen molar-refractivity contribution in [1.29, 1.82) is 0 Å². The maximum atomic E-state index is 13.3. The topological polar surface area (TPSA) is 69.5 Å². The molecule has 0 N–H and O–H groups in total. The Balaban J connectivity index is 1.53. The number of ether oxygens (including phenoxy) is 2. The largest absolute Gasteiger partial charge is 0.490 e. The van der Waals surface area contributed by atoms with Gasteiger partial charge in [0.15, 0.2) is 11.5 Å². The molecule has 7 heteroatoms. The van der Waals surface area contributed by atoms with Crippen LogP contribution in [0.15, 0.2) is 55.0 Å². The van der Waals surface area contributed by atoms with Gasteiger partial charge in [-0.1, -0.05) is 32.0 Å². The van der Waals surface area contributed by atoms with Crippen molar-refractivity contribution in [1.82, 2.24) is 19.4 Å². The van der Waals surface area contributed by atoms with Crippen LogP contribution in [0.3, 0.4) is 0 Å². The van der Waals surface area contributed by atoms with Crippen LogP contribution in [0.2, 0.25) is 0 Å². The smallest absolute Gasteiger partial charge is 0.224 e. The summed E-state index contributed by atoms with van der Waals surface area (Å²) >= 11 is 0. The van der Waals surface area contributed by atoms with Gasteiger partial charge < -0.3 is 18.9 Å². The third-order valence-corrected chi connectivity index (χ3v) is 5.78. The maximum Gasteiger partial charge on any atom is 0.224 e. The molecule has 1 amide bonds. The van der Waals surface area contributed by atoms with Crippen LogP contribution in [0.4, 0.5) is 0 Å². The second kappa shape index (κ2) is 11.0. The molecule has 0 fully saturated rings. The fraction of sp³-hybridized carbons (Fsp3) is 0.423. The highest BCUT2D eigenvalue weighted by Gasteiger charge is 2.19. The number of fused-ring (bicyclic) bond motifs is 2. The van der Waals surface area contributed by atoms with Crippen LogP contribution in [0.5, 0.6) is 17.4 Å². The lowest BCUT2D eigenvalue weighted by atomic mass is 10.2. The summed E-state index contributed by atoms with van der Waals surface area (Å²) in [5.41, 5.74) is 0.880. The molecule has 0 spiro atoms. The number of aryl methyl sites for hydroxylation is 1. The van der Waals surface area contributed by atoms with Gasteiger partial charge in [-0.3, -0.25) is 4.79 Å². The molecule has 0 aliphatic carbocycles. The third kappa shape index (κ3) is 5.92. The van der Waals surface area contributed by atoms with E-state index in [4.69, 9.17) is 9.47 Å². The minimum Gasteiger partial charge on any atom is -0.490 e. The summed E-state index contributed by atoms with van der Waals surface area (Å²) in [4.78, 5) is 24.1. The summed E-state index contributed by atoms with van der Waals surface area (Å²) in [6, 6.07) is 11.5. The molecule has 1 aromatic carbocycles. The zero-order chi connectivity index (χ0) is 23.0. The number of amides is 1. The summed E-state index contributed by atoms with van der Waals surface area (Å²) in [5.74, 6) is 3.30. The molecule has 0 unspecified atom stereocenters. The Morgan fingerprint density at radius 3 is 2.73 bits per heavy atom. The van der Waals surface area contributed by atoms with Crippen LogP contribution in [-0.2, 0) is 17.9 Å². The van der Waals surface area contributed by atoms with Gasteiger partial charge in [-0.2, -0.15) is 0 Å². The van der Waals surface area contributed by atoms with Crippen LogP contribution in [0, 0.1) is 0 Å². The lowest BCUT2D eigenvalue weighted by Crippen LogP contribution is -2.32. The first-order valence-electron chi connectivity index (χ1n) is 11.7. The fourth-order valence-corrected chi connectivity index (χ4v) is 4.04. The Morgan fingerprint density at radius 2 is 1.88 bits per heavy atom. The van der Waals surface area contributed by atoms with E-state index in [1.807, 2.05) is 47.5 Å². The number of nitrogens with zero attached hydrogens (tertiary/aromatic N) is 4. The first-order chi connectivity index (χ1) is 16.1. The Labute approximate surface area is 195 Å². The van der Waals surface area contributed by atoms with Crippen molar-refractivity contribution in [3.05, 3.63) is 66.4 Å². The number of para-hydroxylation sites is 2. The molecule has 0 radical (unpaired) electrons. The van der Waals surface area contributed by atoms with E-state index in [0.717, 1.165) is 30.7 Å². The molecule has 0 bridgehead atoms. The van der Waals surface area contributed by atoms with Gasteiger partial charge in [0.2, 0.25) is 11.8 Å². The number of aromatic nitrogens is 3. The van der Waals surface area contributed by atoms with Crippen molar-refractivity contribution in [2.45, 2.75) is 58.5 Å². The van der Waals surface area contributed by atoms with E-state index in [-0.39, 0.29) is 5.91 Å². The molecule has 33 heavy (non-hydrogen) atoms. The van der Waals surface area contributed by atoms with Crippen molar-refractivity contribution in [2.24, 2.45) is 0 Å². The predicted molar refractivity (Wildman–Crippen MR) is 126 cm³/mol.